The Morgan fingerprint density at radius 3 is 2.85 bits per heavy atom. The molecular formula is C18H17N4O2S2+. The number of fused-ring (bicyclic) bond motifs is 3. The lowest BCUT2D eigenvalue weighted by molar-refractivity contribution is -0.762. The number of carbonyl (C=O) groups excluding carboxylic acids is 1. The summed E-state index contributed by atoms with van der Waals surface area (Å²) in [5.74, 6) is -0.0122. The molecule has 3 aromatic rings. The molecule has 0 bridgehead atoms. The number of thioether (sulfide) groups is 1. The van der Waals surface area contributed by atoms with Crippen LogP contribution >= 0.6 is 23.1 Å². The van der Waals surface area contributed by atoms with Crippen LogP contribution in [-0.4, -0.2) is 22.2 Å². The highest BCUT2D eigenvalue weighted by Crippen LogP contribution is 2.38. The fourth-order valence-corrected chi connectivity index (χ4v) is 4.36. The standard InChI is InChI=1S/C18H16N4O2S2/c1-3-14(23)21-12-8-5-4-7-11(12)15-16(24)19-18(25-2)20-22(15)17(21)13-9-6-10-26-13/h4-10,17H,3H2,1-2H3/p+1/t17-/m1/s1. The van der Waals surface area contributed by atoms with E-state index in [1.807, 2.05) is 55.0 Å². The smallest absolute Gasteiger partial charge is 0.291 e. The zero-order valence-corrected chi connectivity index (χ0v) is 15.9. The average Bonchev–Trinajstić information content (AvgIpc) is 3.20. The van der Waals surface area contributed by atoms with E-state index >= 15 is 0 Å². The summed E-state index contributed by atoms with van der Waals surface area (Å²) in [5.41, 5.74) is 1.71. The third-order valence-electron chi connectivity index (χ3n) is 4.32. The molecule has 8 heteroatoms. The van der Waals surface area contributed by atoms with Crippen LogP contribution in [0.1, 0.15) is 24.4 Å². The van der Waals surface area contributed by atoms with Crippen LogP contribution in [-0.2, 0) is 4.79 Å². The Balaban J connectivity index is 2.09. The Morgan fingerprint density at radius 2 is 2.15 bits per heavy atom. The quantitative estimate of drug-likeness (QED) is 0.556. The molecule has 2 aromatic heterocycles. The van der Waals surface area contributed by atoms with Gasteiger partial charge in [0.15, 0.2) is 0 Å². The van der Waals surface area contributed by atoms with E-state index in [9.17, 15) is 9.59 Å². The Labute approximate surface area is 158 Å². The van der Waals surface area contributed by atoms with Gasteiger partial charge in [0.05, 0.1) is 16.1 Å². The molecule has 1 amide bonds. The van der Waals surface area contributed by atoms with Gasteiger partial charge in [-0.3, -0.25) is 14.6 Å². The van der Waals surface area contributed by atoms with Crippen molar-refractivity contribution in [1.82, 2.24) is 10.1 Å². The van der Waals surface area contributed by atoms with E-state index < -0.39 is 6.17 Å². The van der Waals surface area contributed by atoms with E-state index in [1.54, 1.807) is 20.9 Å². The third kappa shape index (κ3) is 2.57. The van der Waals surface area contributed by atoms with Gasteiger partial charge in [-0.05, 0) is 34.5 Å². The Morgan fingerprint density at radius 1 is 1.35 bits per heavy atom. The third-order valence-corrected chi connectivity index (χ3v) is 5.80. The van der Waals surface area contributed by atoms with Gasteiger partial charge in [0.1, 0.15) is 0 Å². The van der Waals surface area contributed by atoms with E-state index in [0.717, 1.165) is 10.6 Å². The van der Waals surface area contributed by atoms with Gasteiger partial charge in [-0.2, -0.15) is 0 Å². The number of hydrogen-bond acceptors (Lipinski definition) is 5. The Hall–Kier alpha value is -2.45. The van der Waals surface area contributed by atoms with Gasteiger partial charge in [-0.15, -0.1) is 11.3 Å². The zero-order chi connectivity index (χ0) is 18.3. The van der Waals surface area contributed by atoms with E-state index in [4.69, 9.17) is 0 Å². The summed E-state index contributed by atoms with van der Waals surface area (Å²) in [7, 11) is 0. The highest BCUT2D eigenvalue weighted by atomic mass is 32.2. The largest absolute Gasteiger partial charge is 0.325 e. The number of aromatic amines is 1. The first-order valence-corrected chi connectivity index (χ1v) is 10.3. The monoisotopic (exact) mass is 385 g/mol. The van der Waals surface area contributed by atoms with Gasteiger partial charge in [-0.1, -0.05) is 36.9 Å². The molecule has 26 heavy (non-hydrogen) atoms. The van der Waals surface area contributed by atoms with Gasteiger partial charge >= 0.3 is 17.4 Å². The molecule has 1 aromatic carbocycles. The fraction of sp³-hybridized carbons (Fsp3) is 0.222. The average molecular weight is 385 g/mol. The Kier molecular flexibility index (Phi) is 4.37. The first-order chi connectivity index (χ1) is 12.7. The van der Waals surface area contributed by atoms with Crippen LogP contribution in [0.15, 0.2) is 51.7 Å². The number of thiophene rings is 1. The molecule has 3 heterocycles. The van der Waals surface area contributed by atoms with Crippen LogP contribution in [0.4, 0.5) is 5.69 Å². The highest BCUT2D eigenvalue weighted by molar-refractivity contribution is 7.98. The van der Waals surface area contributed by atoms with E-state index in [1.165, 1.54) is 11.8 Å². The molecule has 4 rings (SSSR count). The topological polar surface area (TPSA) is 69.9 Å². The van der Waals surface area contributed by atoms with Crippen LogP contribution in [0.2, 0.25) is 0 Å². The lowest BCUT2D eigenvalue weighted by Gasteiger charge is -2.31. The van der Waals surface area contributed by atoms with Crippen LogP contribution in [0.25, 0.3) is 11.3 Å². The van der Waals surface area contributed by atoms with Crippen molar-refractivity contribution in [3.63, 3.8) is 0 Å². The molecule has 1 atom stereocenters. The van der Waals surface area contributed by atoms with Crippen LogP contribution in [0.3, 0.4) is 0 Å². The molecule has 0 aliphatic carbocycles. The highest BCUT2D eigenvalue weighted by Gasteiger charge is 2.45. The molecule has 1 aliphatic rings. The van der Waals surface area contributed by atoms with Gasteiger partial charge < -0.3 is 0 Å². The number of benzene rings is 1. The summed E-state index contributed by atoms with van der Waals surface area (Å²) in [4.78, 5) is 31.3. The molecule has 0 spiro atoms. The van der Waals surface area contributed by atoms with Crippen molar-refractivity contribution in [2.75, 3.05) is 11.2 Å². The van der Waals surface area contributed by atoms with E-state index in [0.29, 0.717) is 22.8 Å². The number of para-hydroxylation sites is 1. The van der Waals surface area contributed by atoms with Crippen molar-refractivity contribution in [2.24, 2.45) is 0 Å². The maximum atomic E-state index is 12.9. The minimum Gasteiger partial charge on any atom is -0.291 e. The summed E-state index contributed by atoms with van der Waals surface area (Å²) in [5, 5.41) is 7.12. The fourth-order valence-electron chi connectivity index (χ4n) is 3.20. The number of aromatic nitrogens is 3. The van der Waals surface area contributed by atoms with Crippen molar-refractivity contribution in [3.8, 4) is 11.3 Å². The van der Waals surface area contributed by atoms with E-state index in [2.05, 4.69) is 10.1 Å². The number of nitrogens with zero attached hydrogens (tertiary/aromatic N) is 3. The van der Waals surface area contributed by atoms with Gasteiger partial charge in [0.25, 0.3) is 0 Å². The first-order valence-electron chi connectivity index (χ1n) is 8.20. The summed E-state index contributed by atoms with van der Waals surface area (Å²) in [6.45, 7) is 1.84. The second-order valence-corrected chi connectivity index (χ2v) is 7.55. The predicted molar refractivity (Wildman–Crippen MR) is 103 cm³/mol. The van der Waals surface area contributed by atoms with Crippen molar-refractivity contribution in [2.45, 2.75) is 24.7 Å². The minimum atomic E-state index is -0.472. The number of carbonyl (C=O) groups is 1. The second kappa shape index (κ2) is 6.69. The summed E-state index contributed by atoms with van der Waals surface area (Å²) in [6, 6.07) is 11.4. The van der Waals surface area contributed by atoms with Crippen molar-refractivity contribution >= 4 is 34.7 Å². The molecule has 0 unspecified atom stereocenters. The number of amides is 1. The first kappa shape index (κ1) is 17.0. The maximum Gasteiger partial charge on any atom is 0.325 e. The second-order valence-electron chi connectivity index (χ2n) is 5.78. The van der Waals surface area contributed by atoms with Crippen LogP contribution in [0, 0.1) is 0 Å². The predicted octanol–water partition coefficient (Wildman–Crippen LogP) is 2.81. The number of hydrogen-bond donors (Lipinski definition) is 1. The van der Waals surface area contributed by atoms with Gasteiger partial charge in [0.2, 0.25) is 11.1 Å². The van der Waals surface area contributed by atoms with Crippen molar-refractivity contribution < 1.29 is 9.48 Å². The molecule has 0 fully saturated rings. The van der Waals surface area contributed by atoms with Gasteiger partial charge in [-0.25, -0.2) is 4.90 Å². The number of anilines is 1. The maximum absolute atomic E-state index is 12.9. The summed E-state index contributed by atoms with van der Waals surface area (Å²) in [6.07, 6.45) is 1.75. The van der Waals surface area contributed by atoms with E-state index in [-0.39, 0.29) is 11.5 Å². The summed E-state index contributed by atoms with van der Waals surface area (Å²) < 4.78 is 1.69. The normalized spacial score (nSPS) is 15.5. The lowest BCUT2D eigenvalue weighted by Crippen LogP contribution is -2.60. The molecule has 1 aliphatic heterocycles. The molecule has 0 radical (unpaired) electrons. The molecule has 0 saturated heterocycles. The van der Waals surface area contributed by atoms with Crippen molar-refractivity contribution in [1.29, 1.82) is 0 Å². The molecule has 1 N–H and O–H groups in total. The SMILES string of the molecule is CCC(=O)N1c2ccccc2-c2c(=O)[nH]c(SC)n[n+]2[C@@H]1c1cccs1. The molecule has 6 nitrogen and oxygen atoms in total. The van der Waals surface area contributed by atoms with Crippen LogP contribution in [0.5, 0.6) is 0 Å². The van der Waals surface area contributed by atoms with Crippen LogP contribution < -0.4 is 15.1 Å². The molecule has 132 valence electrons. The summed E-state index contributed by atoms with van der Waals surface area (Å²) >= 11 is 2.91. The van der Waals surface area contributed by atoms with Gasteiger partial charge in [0, 0.05) is 11.5 Å². The minimum absolute atomic E-state index is 0.0122. The van der Waals surface area contributed by atoms with Crippen molar-refractivity contribution in [3.05, 3.63) is 57.0 Å². The molecule has 0 saturated carbocycles. The lowest BCUT2D eigenvalue weighted by atomic mass is 10.0. The zero-order valence-electron chi connectivity index (χ0n) is 14.3. The number of nitrogens with one attached hydrogen (secondary N) is 1. The number of H-pyrrole nitrogens is 1. The molecular weight excluding hydrogens is 368 g/mol. The Bertz CT molecular complexity index is 1030. The number of rotatable bonds is 3.